The second-order valence-electron chi connectivity index (χ2n) is 7.34. The molecule has 0 unspecified atom stereocenters. The van der Waals surface area contributed by atoms with Gasteiger partial charge in [-0.3, -0.25) is 0 Å². The molecule has 0 radical (unpaired) electrons. The number of carbonyl (C=O) groups excluding carboxylic acids is 1. The lowest BCUT2D eigenvalue weighted by Crippen LogP contribution is -2.47. The number of hydrogen-bond acceptors (Lipinski definition) is 6. The first-order chi connectivity index (χ1) is 12.7. The van der Waals surface area contributed by atoms with Gasteiger partial charge in [0.25, 0.3) is 0 Å². The molecule has 6 heteroatoms. The molecule has 26 heavy (non-hydrogen) atoms. The lowest BCUT2D eigenvalue weighted by Gasteiger charge is -2.45. The Bertz CT molecular complexity index is 671. The maximum Gasteiger partial charge on any atom is 0.349 e. The average molecular weight is 392 g/mol. The van der Waals surface area contributed by atoms with Gasteiger partial charge in [0, 0.05) is 6.54 Å². The lowest BCUT2D eigenvalue weighted by molar-refractivity contribution is -0.161. The predicted molar refractivity (Wildman–Crippen MR) is 104 cm³/mol. The summed E-state index contributed by atoms with van der Waals surface area (Å²) in [5.41, 5.74) is -1.68. The maximum atomic E-state index is 12.8. The Balaban J connectivity index is 1.34. The van der Waals surface area contributed by atoms with E-state index in [2.05, 4.69) is 4.90 Å². The molecule has 140 valence electrons. The van der Waals surface area contributed by atoms with Crippen molar-refractivity contribution in [3.05, 3.63) is 44.8 Å². The van der Waals surface area contributed by atoms with E-state index in [4.69, 9.17) is 4.74 Å². The summed E-state index contributed by atoms with van der Waals surface area (Å²) in [5.74, 6) is 1.03. The van der Waals surface area contributed by atoms with Crippen LogP contribution in [-0.2, 0) is 15.1 Å². The molecule has 0 aromatic carbocycles. The van der Waals surface area contributed by atoms with Crippen LogP contribution in [0.25, 0.3) is 0 Å². The Hall–Kier alpha value is -1.21. The molecule has 0 spiro atoms. The van der Waals surface area contributed by atoms with E-state index in [9.17, 15) is 9.90 Å². The van der Waals surface area contributed by atoms with Gasteiger partial charge in [-0.1, -0.05) is 12.1 Å². The Morgan fingerprint density at radius 3 is 2.35 bits per heavy atom. The number of piperidine rings is 3. The second kappa shape index (κ2) is 7.80. The minimum absolute atomic E-state index is 0.376. The van der Waals surface area contributed by atoms with Crippen LogP contribution >= 0.6 is 22.7 Å². The molecule has 4 nitrogen and oxygen atoms in total. The van der Waals surface area contributed by atoms with Gasteiger partial charge in [-0.25, -0.2) is 4.79 Å². The van der Waals surface area contributed by atoms with Crippen molar-refractivity contribution in [2.75, 3.05) is 26.2 Å². The molecule has 5 rings (SSSR count). The Kier molecular flexibility index (Phi) is 5.45. The monoisotopic (exact) mass is 391 g/mol. The van der Waals surface area contributed by atoms with Gasteiger partial charge in [0.05, 0.1) is 16.4 Å². The Labute approximate surface area is 162 Å². The number of aliphatic hydroxyl groups is 1. The topological polar surface area (TPSA) is 49.8 Å². The number of hydrogen-bond donors (Lipinski definition) is 1. The first-order valence-electron chi connectivity index (χ1n) is 9.38. The van der Waals surface area contributed by atoms with Crippen molar-refractivity contribution in [3.63, 3.8) is 0 Å². The molecule has 3 aliphatic heterocycles. The van der Waals surface area contributed by atoms with E-state index in [1.165, 1.54) is 55.1 Å². The normalized spacial score (nSPS) is 25.3. The van der Waals surface area contributed by atoms with Crippen LogP contribution < -0.4 is 0 Å². The fraction of sp³-hybridized carbons (Fsp3) is 0.550. The predicted octanol–water partition coefficient (Wildman–Crippen LogP) is 3.71. The molecular weight excluding hydrogens is 366 g/mol. The molecule has 3 saturated heterocycles. The zero-order valence-electron chi connectivity index (χ0n) is 14.8. The molecule has 0 amide bonds. The van der Waals surface area contributed by atoms with Crippen molar-refractivity contribution in [3.8, 4) is 0 Å². The largest absolute Gasteiger partial charge is 0.463 e. The molecule has 2 aromatic heterocycles. The molecule has 3 fully saturated rings. The summed E-state index contributed by atoms with van der Waals surface area (Å²) in [4.78, 5) is 16.6. The fourth-order valence-electron chi connectivity index (χ4n) is 4.32. The second-order valence-corrected chi connectivity index (χ2v) is 9.24. The van der Waals surface area contributed by atoms with Gasteiger partial charge in [0.1, 0.15) is 0 Å². The van der Waals surface area contributed by atoms with E-state index in [0.29, 0.717) is 16.4 Å². The molecule has 3 aliphatic rings. The van der Waals surface area contributed by atoms with Crippen molar-refractivity contribution in [1.82, 2.24) is 4.90 Å². The minimum atomic E-state index is -1.68. The van der Waals surface area contributed by atoms with Crippen LogP contribution in [0.5, 0.6) is 0 Å². The summed E-state index contributed by atoms with van der Waals surface area (Å²) in [6.07, 6.45) is 4.61. The smallest absolute Gasteiger partial charge is 0.349 e. The van der Waals surface area contributed by atoms with Crippen molar-refractivity contribution in [1.29, 1.82) is 0 Å². The zero-order chi connectivity index (χ0) is 18.0. The summed E-state index contributed by atoms with van der Waals surface area (Å²) < 4.78 is 5.54. The number of thiophene rings is 2. The van der Waals surface area contributed by atoms with E-state index in [1.54, 1.807) is 12.1 Å². The van der Waals surface area contributed by atoms with Gasteiger partial charge in [0.15, 0.2) is 0 Å². The van der Waals surface area contributed by atoms with Crippen LogP contribution in [0.4, 0.5) is 0 Å². The fourth-order valence-corrected chi connectivity index (χ4v) is 6.03. The van der Waals surface area contributed by atoms with Gasteiger partial charge in [-0.15, -0.1) is 22.7 Å². The highest BCUT2D eigenvalue weighted by molar-refractivity contribution is 7.12. The Morgan fingerprint density at radius 2 is 1.85 bits per heavy atom. The first kappa shape index (κ1) is 18.2. The number of esters is 1. The number of rotatable bonds is 7. The minimum Gasteiger partial charge on any atom is -0.463 e. The number of carbonyl (C=O) groups is 1. The summed E-state index contributed by atoms with van der Waals surface area (Å²) in [5, 5.41) is 14.9. The van der Waals surface area contributed by atoms with Crippen LogP contribution in [0.2, 0.25) is 0 Å². The van der Waals surface area contributed by atoms with Gasteiger partial charge in [-0.05, 0) is 73.5 Å². The highest BCUT2D eigenvalue weighted by Crippen LogP contribution is 2.37. The molecule has 2 bridgehead atoms. The summed E-state index contributed by atoms with van der Waals surface area (Å²) in [6.45, 7) is 4.09. The van der Waals surface area contributed by atoms with E-state index in [1.807, 2.05) is 22.9 Å². The summed E-state index contributed by atoms with van der Waals surface area (Å²) >= 11 is 2.75. The molecule has 1 atom stereocenters. The third kappa shape index (κ3) is 3.48. The van der Waals surface area contributed by atoms with Crippen LogP contribution in [0, 0.1) is 11.8 Å². The van der Waals surface area contributed by atoms with Crippen LogP contribution in [-0.4, -0.2) is 42.2 Å². The number of ether oxygens (including phenoxy) is 1. The molecule has 0 saturated carbocycles. The SMILES string of the molecule is O=C(OCCC[C@H]1CN2CCC1CC2)C(O)(c1cccs1)c1cccs1. The standard InChI is InChI=1S/C20H25NO3S2/c22-19(20(23,17-5-2-12-25-17)18-6-3-13-26-18)24-11-1-4-16-14-21-9-7-15(16)8-10-21/h2-3,5-6,12-13,15-16,23H,1,4,7-11,14H2/t16-/m0/s1. The molecule has 1 N–H and O–H groups in total. The van der Waals surface area contributed by atoms with Gasteiger partial charge >= 0.3 is 5.97 Å². The lowest BCUT2D eigenvalue weighted by atomic mass is 9.77. The highest BCUT2D eigenvalue weighted by Gasteiger charge is 2.43. The van der Waals surface area contributed by atoms with Crippen molar-refractivity contribution in [2.24, 2.45) is 11.8 Å². The summed E-state index contributed by atoms with van der Waals surface area (Å²) in [7, 11) is 0. The third-order valence-corrected chi connectivity index (χ3v) is 7.75. The molecule has 2 aromatic rings. The van der Waals surface area contributed by atoms with E-state index < -0.39 is 11.6 Å². The molecule has 5 heterocycles. The van der Waals surface area contributed by atoms with Gasteiger partial charge in [0.2, 0.25) is 5.60 Å². The number of fused-ring (bicyclic) bond motifs is 3. The van der Waals surface area contributed by atoms with Gasteiger partial charge in [-0.2, -0.15) is 0 Å². The third-order valence-electron chi connectivity index (χ3n) is 5.79. The molecule has 0 aliphatic carbocycles. The van der Waals surface area contributed by atoms with Crippen LogP contribution in [0.15, 0.2) is 35.0 Å². The number of nitrogens with zero attached hydrogens (tertiary/aromatic N) is 1. The maximum absolute atomic E-state index is 12.8. The van der Waals surface area contributed by atoms with Crippen LogP contribution in [0.3, 0.4) is 0 Å². The average Bonchev–Trinajstić information content (AvgIpc) is 3.40. The first-order valence-corrected chi connectivity index (χ1v) is 11.1. The van der Waals surface area contributed by atoms with Crippen molar-refractivity contribution < 1.29 is 14.6 Å². The zero-order valence-corrected chi connectivity index (χ0v) is 16.4. The van der Waals surface area contributed by atoms with Crippen LogP contribution in [0.1, 0.15) is 35.4 Å². The van der Waals surface area contributed by atoms with E-state index in [0.717, 1.165) is 24.7 Å². The van der Waals surface area contributed by atoms with E-state index in [-0.39, 0.29) is 0 Å². The van der Waals surface area contributed by atoms with Gasteiger partial charge < -0.3 is 14.7 Å². The van der Waals surface area contributed by atoms with E-state index >= 15 is 0 Å². The summed E-state index contributed by atoms with van der Waals surface area (Å²) in [6, 6.07) is 7.27. The quantitative estimate of drug-likeness (QED) is 0.577. The van der Waals surface area contributed by atoms with Crippen molar-refractivity contribution in [2.45, 2.75) is 31.3 Å². The highest BCUT2D eigenvalue weighted by atomic mass is 32.1. The Morgan fingerprint density at radius 1 is 1.19 bits per heavy atom. The molecular formula is C20H25NO3S2. The van der Waals surface area contributed by atoms with Crippen molar-refractivity contribution >= 4 is 28.6 Å².